The van der Waals surface area contributed by atoms with Crippen LogP contribution in [0, 0.1) is 5.92 Å². The number of amides is 2. The second-order valence-corrected chi connectivity index (χ2v) is 9.61. The van der Waals surface area contributed by atoms with Crippen molar-refractivity contribution in [2.75, 3.05) is 24.6 Å². The summed E-state index contributed by atoms with van der Waals surface area (Å²) in [6, 6.07) is 5.54. The summed E-state index contributed by atoms with van der Waals surface area (Å²) in [6.07, 6.45) is 6.38. The summed E-state index contributed by atoms with van der Waals surface area (Å²) in [5.74, 6) is 1.10. The number of aliphatic hydroxyl groups excluding tert-OH is 1. The molecule has 2 amide bonds. The number of aliphatic hydroxyl groups is 1. The number of piperidine rings is 1. The van der Waals surface area contributed by atoms with Gasteiger partial charge in [0.25, 0.3) is 0 Å². The zero-order valence-corrected chi connectivity index (χ0v) is 20.0. The molecule has 1 atom stereocenters. The third-order valence-electron chi connectivity index (χ3n) is 7.44. The van der Waals surface area contributed by atoms with Crippen LogP contribution in [0.25, 0.3) is 11.0 Å². The maximum atomic E-state index is 13.3. The van der Waals surface area contributed by atoms with Crippen molar-refractivity contribution in [2.45, 2.75) is 58.2 Å². The molecule has 0 unspecified atom stereocenters. The van der Waals surface area contributed by atoms with Gasteiger partial charge in [0.15, 0.2) is 0 Å². The van der Waals surface area contributed by atoms with E-state index in [1.54, 1.807) is 6.20 Å². The largest absolute Gasteiger partial charge is 0.465 e. The van der Waals surface area contributed by atoms with E-state index in [1.165, 1.54) is 4.90 Å². The van der Waals surface area contributed by atoms with Crippen LogP contribution in [-0.2, 0) is 30.7 Å². The fourth-order valence-corrected chi connectivity index (χ4v) is 5.38. The fourth-order valence-electron chi connectivity index (χ4n) is 5.38. The van der Waals surface area contributed by atoms with Gasteiger partial charge >= 0.3 is 6.09 Å². The number of fused-ring (bicyclic) bond motifs is 3. The highest BCUT2D eigenvalue weighted by Gasteiger charge is 2.31. The van der Waals surface area contributed by atoms with Gasteiger partial charge in [0.1, 0.15) is 12.4 Å². The first kappa shape index (κ1) is 23.3. The van der Waals surface area contributed by atoms with Crippen LogP contribution in [0.4, 0.5) is 10.5 Å². The number of aryl methyl sites for hydroxylation is 3. The third-order valence-corrected chi connectivity index (χ3v) is 7.44. The Kier molecular flexibility index (Phi) is 6.46. The Hall–Kier alpha value is -3.40. The van der Waals surface area contributed by atoms with Gasteiger partial charge in [-0.15, -0.1) is 0 Å². The predicted octanol–water partition coefficient (Wildman–Crippen LogP) is 2.53. The normalized spacial score (nSPS) is 18.7. The second-order valence-electron chi connectivity index (χ2n) is 9.61. The number of likely N-dealkylation sites (tertiary alicyclic amines) is 1. The van der Waals surface area contributed by atoms with Crippen molar-refractivity contribution in [2.24, 2.45) is 5.92 Å². The van der Waals surface area contributed by atoms with Crippen LogP contribution < -0.4 is 4.90 Å². The van der Waals surface area contributed by atoms with Crippen LogP contribution in [0.5, 0.6) is 0 Å². The summed E-state index contributed by atoms with van der Waals surface area (Å²) in [5.41, 5.74) is 3.25. The number of carbonyl (C=O) groups excluding carboxylic acids is 1. The summed E-state index contributed by atoms with van der Waals surface area (Å²) in [6.45, 7) is 4.22. The molecule has 2 aliphatic rings. The van der Waals surface area contributed by atoms with Crippen molar-refractivity contribution in [1.29, 1.82) is 0 Å². The molecule has 186 valence electrons. The topological polar surface area (TPSA) is 117 Å². The molecule has 3 aromatic rings. The van der Waals surface area contributed by atoms with E-state index in [2.05, 4.69) is 5.10 Å². The van der Waals surface area contributed by atoms with Gasteiger partial charge < -0.3 is 19.7 Å². The highest BCUT2D eigenvalue weighted by molar-refractivity contribution is 5.95. The number of nitrogens with zero attached hydrogens (tertiary/aromatic N) is 6. The standard InChI is InChI=1S/C25H32N6O4/c1-17-3-4-19-20(31(17)25(34)35)5-6-21-24(19)27-22(9-14-29-11-2-10-26-29)30(21)15-23(33)28-12-7-18(16-32)8-13-28/h2,5-6,10-11,17-18,32H,3-4,7-9,12-16H2,1H3,(H,34,35)/t17-/m0/s1. The Labute approximate surface area is 203 Å². The predicted molar refractivity (Wildman–Crippen MR) is 130 cm³/mol. The van der Waals surface area contributed by atoms with Gasteiger partial charge in [0.05, 0.1) is 16.7 Å². The van der Waals surface area contributed by atoms with Gasteiger partial charge in [-0.3, -0.25) is 14.4 Å². The lowest BCUT2D eigenvalue weighted by Crippen LogP contribution is -2.41. The number of aromatic nitrogens is 4. The average molecular weight is 481 g/mol. The number of benzene rings is 1. The summed E-state index contributed by atoms with van der Waals surface area (Å²) < 4.78 is 3.83. The molecule has 2 N–H and O–H groups in total. The Morgan fingerprint density at radius 1 is 1.17 bits per heavy atom. The first-order valence-corrected chi connectivity index (χ1v) is 12.4. The van der Waals surface area contributed by atoms with Gasteiger partial charge in [-0.2, -0.15) is 5.10 Å². The number of imidazole rings is 1. The van der Waals surface area contributed by atoms with Crippen LogP contribution in [0.15, 0.2) is 30.6 Å². The summed E-state index contributed by atoms with van der Waals surface area (Å²) in [5, 5.41) is 23.5. The molecular weight excluding hydrogens is 448 g/mol. The molecule has 2 aromatic heterocycles. The van der Waals surface area contributed by atoms with E-state index in [9.17, 15) is 19.8 Å². The van der Waals surface area contributed by atoms with Crippen molar-refractivity contribution in [1.82, 2.24) is 24.2 Å². The van der Waals surface area contributed by atoms with E-state index >= 15 is 0 Å². The van der Waals surface area contributed by atoms with Crippen molar-refractivity contribution < 1.29 is 19.8 Å². The fraction of sp³-hybridized carbons (Fsp3) is 0.520. The number of hydrogen-bond acceptors (Lipinski definition) is 5. The molecule has 1 fully saturated rings. The van der Waals surface area contributed by atoms with E-state index in [-0.39, 0.29) is 31.0 Å². The lowest BCUT2D eigenvalue weighted by atomic mass is 9.96. The SMILES string of the molecule is C[C@H]1CCc2c(ccc3c2nc(CCn2cccn2)n3CC(=O)N2CCC(CO)CC2)N1C(=O)O. The minimum absolute atomic E-state index is 0.0412. The molecule has 0 bridgehead atoms. The molecule has 0 aliphatic carbocycles. The quantitative estimate of drug-likeness (QED) is 0.560. The number of rotatable bonds is 6. The zero-order valence-electron chi connectivity index (χ0n) is 20.0. The maximum absolute atomic E-state index is 13.3. The van der Waals surface area contributed by atoms with Crippen LogP contribution in [0.3, 0.4) is 0 Å². The zero-order chi connectivity index (χ0) is 24.5. The van der Waals surface area contributed by atoms with Crippen LogP contribution >= 0.6 is 0 Å². The van der Waals surface area contributed by atoms with Gasteiger partial charge in [0, 0.05) is 56.7 Å². The molecule has 10 nitrogen and oxygen atoms in total. The minimum Gasteiger partial charge on any atom is -0.465 e. The Morgan fingerprint density at radius 2 is 1.97 bits per heavy atom. The minimum atomic E-state index is -0.961. The molecule has 5 rings (SSSR count). The lowest BCUT2D eigenvalue weighted by Gasteiger charge is -2.33. The molecule has 1 aromatic carbocycles. The van der Waals surface area contributed by atoms with E-state index < -0.39 is 6.09 Å². The lowest BCUT2D eigenvalue weighted by molar-refractivity contribution is -0.133. The van der Waals surface area contributed by atoms with Crippen molar-refractivity contribution in [3.8, 4) is 0 Å². The van der Waals surface area contributed by atoms with Gasteiger partial charge in [-0.05, 0) is 56.7 Å². The smallest absolute Gasteiger partial charge is 0.412 e. The number of anilines is 1. The van der Waals surface area contributed by atoms with Gasteiger partial charge in [0.2, 0.25) is 5.91 Å². The summed E-state index contributed by atoms with van der Waals surface area (Å²) in [4.78, 5) is 33.5. The van der Waals surface area contributed by atoms with Crippen molar-refractivity contribution >= 4 is 28.7 Å². The highest BCUT2D eigenvalue weighted by Crippen LogP contribution is 2.36. The first-order chi connectivity index (χ1) is 17.0. The van der Waals surface area contributed by atoms with E-state index in [4.69, 9.17) is 4.98 Å². The third kappa shape index (κ3) is 4.50. The van der Waals surface area contributed by atoms with Crippen molar-refractivity contribution in [3.05, 3.63) is 42.0 Å². The molecule has 2 aliphatic heterocycles. The summed E-state index contributed by atoms with van der Waals surface area (Å²) in [7, 11) is 0. The van der Waals surface area contributed by atoms with Crippen LogP contribution in [-0.4, -0.2) is 72.2 Å². The van der Waals surface area contributed by atoms with Crippen molar-refractivity contribution in [3.63, 3.8) is 0 Å². The molecule has 0 radical (unpaired) electrons. The number of carbonyl (C=O) groups is 2. The molecule has 35 heavy (non-hydrogen) atoms. The first-order valence-electron chi connectivity index (χ1n) is 12.4. The van der Waals surface area contributed by atoms with Crippen LogP contribution in [0.1, 0.15) is 37.6 Å². The number of hydrogen-bond donors (Lipinski definition) is 2. The maximum Gasteiger partial charge on any atom is 0.412 e. The molecule has 0 spiro atoms. The second kappa shape index (κ2) is 9.69. The molecular formula is C25H32N6O4. The average Bonchev–Trinajstić information content (AvgIpc) is 3.50. The Balaban J connectivity index is 1.49. The Bertz CT molecular complexity index is 1210. The molecule has 4 heterocycles. The molecule has 0 saturated carbocycles. The monoisotopic (exact) mass is 480 g/mol. The van der Waals surface area contributed by atoms with Gasteiger partial charge in [-0.1, -0.05) is 0 Å². The van der Waals surface area contributed by atoms with E-state index in [0.717, 1.165) is 48.1 Å². The van der Waals surface area contributed by atoms with E-state index in [0.29, 0.717) is 31.7 Å². The molecule has 1 saturated heterocycles. The highest BCUT2D eigenvalue weighted by atomic mass is 16.4. The van der Waals surface area contributed by atoms with E-state index in [1.807, 2.05) is 45.5 Å². The van der Waals surface area contributed by atoms with Crippen LogP contribution in [0.2, 0.25) is 0 Å². The summed E-state index contributed by atoms with van der Waals surface area (Å²) >= 11 is 0. The number of carboxylic acid groups (broad SMARTS) is 1. The Morgan fingerprint density at radius 3 is 2.66 bits per heavy atom. The molecule has 10 heteroatoms. The van der Waals surface area contributed by atoms with Gasteiger partial charge in [-0.25, -0.2) is 9.78 Å².